The quantitative estimate of drug-likeness (QED) is 0.146. The Balaban J connectivity index is 2.33. The largest absolute Gasteiger partial charge is 0.467 e. The molecule has 0 aliphatic carbocycles. The van der Waals surface area contributed by atoms with E-state index in [0.717, 1.165) is 14.2 Å². The minimum absolute atomic E-state index is 0.335. The maximum absolute atomic E-state index is 12.8. The van der Waals surface area contributed by atoms with Crippen LogP contribution in [-0.2, 0) is 38.2 Å². The Labute approximate surface area is 208 Å². The number of carbonyl (C=O) groups excluding carboxylic acids is 6. The standard InChI is InChI=1S/C19H18N6O8S2/c1-32-14(30)18(10(6-20)12(28)22-16(34)24-18)4-8(26)3-9(27)5-19(15(31)33-2)11(7-21)13(29)23-17(35)25-19/h10-11H,3-5H2,1-2H3,(H2,22,24,28,34)(H2,23,25,29,35)/t10-,11+,18-,19-/m1/s1. The van der Waals surface area contributed by atoms with Gasteiger partial charge in [-0.3, -0.25) is 19.2 Å². The van der Waals surface area contributed by atoms with Crippen LogP contribution in [0, 0.1) is 34.5 Å². The van der Waals surface area contributed by atoms with Crippen LogP contribution in [0.15, 0.2) is 0 Å². The molecule has 2 fully saturated rings. The first-order valence-corrected chi connectivity index (χ1v) is 10.5. The number of nitriles is 2. The van der Waals surface area contributed by atoms with Crippen molar-refractivity contribution < 1.29 is 38.2 Å². The summed E-state index contributed by atoms with van der Waals surface area (Å²) in [5, 5.41) is 27.4. The zero-order chi connectivity index (χ0) is 26.6. The average Bonchev–Trinajstić information content (AvgIpc) is 2.76. The minimum Gasteiger partial charge on any atom is -0.467 e. The van der Waals surface area contributed by atoms with Gasteiger partial charge in [0.2, 0.25) is 11.8 Å². The molecule has 16 heteroatoms. The van der Waals surface area contributed by atoms with Crippen molar-refractivity contribution in [3.63, 3.8) is 0 Å². The fourth-order valence-corrected chi connectivity index (χ4v) is 4.44. The molecule has 2 rings (SSSR count). The Bertz CT molecular complexity index is 1040. The molecule has 0 unspecified atom stereocenters. The molecule has 184 valence electrons. The van der Waals surface area contributed by atoms with Crippen LogP contribution < -0.4 is 21.3 Å². The molecule has 0 radical (unpaired) electrons. The molecule has 35 heavy (non-hydrogen) atoms. The van der Waals surface area contributed by atoms with E-state index in [9.17, 15) is 39.3 Å². The van der Waals surface area contributed by atoms with Crippen molar-refractivity contribution in [2.75, 3.05) is 14.2 Å². The monoisotopic (exact) mass is 522 g/mol. The van der Waals surface area contributed by atoms with Gasteiger partial charge in [-0.25, -0.2) is 9.59 Å². The summed E-state index contributed by atoms with van der Waals surface area (Å²) in [7, 11) is 1.94. The summed E-state index contributed by atoms with van der Waals surface area (Å²) in [4.78, 5) is 75.2. The number of nitrogens with one attached hydrogen (secondary N) is 4. The zero-order valence-corrected chi connectivity index (χ0v) is 19.9. The van der Waals surface area contributed by atoms with Crippen LogP contribution >= 0.6 is 24.4 Å². The number of esters is 2. The van der Waals surface area contributed by atoms with Gasteiger partial charge >= 0.3 is 11.9 Å². The van der Waals surface area contributed by atoms with E-state index in [4.69, 9.17) is 24.4 Å². The number of amides is 2. The molecule has 0 aromatic heterocycles. The number of carbonyl (C=O) groups is 6. The maximum Gasteiger partial charge on any atom is 0.333 e. The normalized spacial score (nSPS) is 27.5. The maximum atomic E-state index is 12.8. The number of ketones is 2. The molecule has 2 saturated heterocycles. The lowest BCUT2D eigenvalue weighted by Crippen LogP contribution is -2.70. The molecule has 2 aliphatic rings. The van der Waals surface area contributed by atoms with Crippen molar-refractivity contribution >= 4 is 70.0 Å². The summed E-state index contributed by atoms with van der Waals surface area (Å²) in [6, 6.07) is 3.24. The van der Waals surface area contributed by atoms with Gasteiger partial charge in [-0.2, -0.15) is 10.5 Å². The smallest absolute Gasteiger partial charge is 0.333 e. The van der Waals surface area contributed by atoms with Gasteiger partial charge in [-0.1, -0.05) is 0 Å². The van der Waals surface area contributed by atoms with Crippen molar-refractivity contribution in [2.45, 2.75) is 30.3 Å². The van der Waals surface area contributed by atoms with E-state index in [1.807, 2.05) is 0 Å². The van der Waals surface area contributed by atoms with E-state index in [-0.39, 0.29) is 10.2 Å². The fraction of sp³-hybridized carbons (Fsp3) is 0.474. The summed E-state index contributed by atoms with van der Waals surface area (Å²) in [5.74, 6) is -9.51. The molecule has 0 saturated carbocycles. The topological polar surface area (TPSA) is 217 Å². The number of rotatable bonds is 8. The summed E-state index contributed by atoms with van der Waals surface area (Å²) in [5.41, 5.74) is -4.42. The van der Waals surface area contributed by atoms with Crippen molar-refractivity contribution in [3.8, 4) is 12.1 Å². The Morgan fingerprint density at radius 1 is 0.829 bits per heavy atom. The number of thiocarbonyl (C=S) groups is 2. The summed E-state index contributed by atoms with van der Waals surface area (Å²) in [6.07, 6.45) is -2.60. The van der Waals surface area contributed by atoms with Crippen LogP contribution in [0.1, 0.15) is 19.3 Å². The molecule has 2 heterocycles. The highest BCUT2D eigenvalue weighted by molar-refractivity contribution is 7.80. The first-order valence-electron chi connectivity index (χ1n) is 9.66. The number of hydrogen-bond donors (Lipinski definition) is 4. The van der Waals surface area contributed by atoms with Gasteiger partial charge in [0.1, 0.15) is 11.6 Å². The molecule has 4 N–H and O–H groups in total. The Hall–Kier alpha value is -4.02. The highest BCUT2D eigenvalue weighted by atomic mass is 32.1. The highest BCUT2D eigenvalue weighted by Crippen LogP contribution is 2.30. The van der Waals surface area contributed by atoms with Gasteiger partial charge in [-0.05, 0) is 24.4 Å². The molecule has 14 nitrogen and oxygen atoms in total. The van der Waals surface area contributed by atoms with E-state index in [2.05, 4.69) is 30.7 Å². The third kappa shape index (κ3) is 5.08. The molecule has 4 atom stereocenters. The van der Waals surface area contributed by atoms with Crippen LogP contribution in [0.5, 0.6) is 0 Å². The summed E-state index contributed by atoms with van der Waals surface area (Å²) >= 11 is 9.75. The van der Waals surface area contributed by atoms with E-state index in [1.165, 1.54) is 0 Å². The predicted octanol–water partition coefficient (Wildman–Crippen LogP) is -2.59. The van der Waals surface area contributed by atoms with Crippen molar-refractivity contribution in [2.24, 2.45) is 11.8 Å². The Kier molecular flexibility index (Phi) is 8.16. The molecule has 0 aromatic carbocycles. The zero-order valence-electron chi connectivity index (χ0n) is 18.3. The molecular weight excluding hydrogens is 504 g/mol. The molecular formula is C19H18N6O8S2. The second-order valence-corrected chi connectivity index (χ2v) is 8.36. The third-order valence-corrected chi connectivity index (χ3v) is 5.77. The summed E-state index contributed by atoms with van der Waals surface area (Å²) in [6.45, 7) is 0. The molecule has 0 bridgehead atoms. The minimum atomic E-state index is -2.21. The van der Waals surface area contributed by atoms with Crippen LogP contribution in [0.25, 0.3) is 0 Å². The lowest BCUT2D eigenvalue weighted by atomic mass is 9.76. The Morgan fingerprint density at radius 2 is 1.17 bits per heavy atom. The van der Waals surface area contributed by atoms with Crippen LogP contribution in [0.2, 0.25) is 0 Å². The third-order valence-electron chi connectivity index (χ3n) is 5.36. The van der Waals surface area contributed by atoms with Gasteiger partial charge in [0.15, 0.2) is 33.1 Å². The number of hydrogen-bond acceptors (Lipinski definition) is 12. The van der Waals surface area contributed by atoms with Crippen LogP contribution in [0.3, 0.4) is 0 Å². The number of ether oxygens (including phenoxy) is 2. The molecule has 0 aromatic rings. The molecule has 2 aliphatic heterocycles. The van der Waals surface area contributed by atoms with Gasteiger partial charge in [0.05, 0.1) is 32.8 Å². The van der Waals surface area contributed by atoms with Gasteiger partial charge in [-0.15, -0.1) is 0 Å². The van der Waals surface area contributed by atoms with Crippen molar-refractivity contribution in [1.29, 1.82) is 10.5 Å². The number of methoxy groups -OCH3 is 2. The van der Waals surface area contributed by atoms with Crippen LogP contribution in [-0.4, -0.2) is 70.8 Å². The van der Waals surface area contributed by atoms with Gasteiger partial charge < -0.3 is 30.7 Å². The second kappa shape index (κ2) is 10.5. The van der Waals surface area contributed by atoms with Crippen LogP contribution in [0.4, 0.5) is 0 Å². The lowest BCUT2D eigenvalue weighted by molar-refractivity contribution is -0.155. The second-order valence-electron chi connectivity index (χ2n) is 7.54. The Morgan fingerprint density at radius 3 is 1.46 bits per heavy atom. The first kappa shape index (κ1) is 27.2. The first-order chi connectivity index (χ1) is 16.4. The SMILES string of the molecule is COC(=O)[C@]1(CC(=O)CC(=O)C[C@@]2(C(=O)OC)NC(=S)NC(=O)[C@@H]2C#N)NC(=S)NC(=O)[C@H]1C#N. The number of nitrogens with zero attached hydrogens (tertiary/aromatic N) is 2. The number of Topliss-reactive ketones (excluding diaryl/α,β-unsaturated/α-hetero) is 2. The van der Waals surface area contributed by atoms with E-state index < -0.39 is 77.5 Å². The van der Waals surface area contributed by atoms with Crippen molar-refractivity contribution in [1.82, 2.24) is 21.3 Å². The predicted molar refractivity (Wildman–Crippen MR) is 119 cm³/mol. The van der Waals surface area contributed by atoms with Crippen molar-refractivity contribution in [3.05, 3.63) is 0 Å². The van der Waals surface area contributed by atoms with E-state index >= 15 is 0 Å². The highest BCUT2D eigenvalue weighted by Gasteiger charge is 2.57. The molecule has 2 amide bonds. The average molecular weight is 523 g/mol. The van der Waals surface area contributed by atoms with Gasteiger partial charge in [0.25, 0.3) is 0 Å². The summed E-state index contributed by atoms with van der Waals surface area (Å²) < 4.78 is 9.34. The fourth-order valence-electron chi connectivity index (χ4n) is 3.87. The van der Waals surface area contributed by atoms with E-state index in [1.54, 1.807) is 12.1 Å². The van der Waals surface area contributed by atoms with Gasteiger partial charge in [0, 0.05) is 12.8 Å². The molecule has 0 spiro atoms. The van der Waals surface area contributed by atoms with E-state index in [0.29, 0.717) is 0 Å². The lowest BCUT2D eigenvalue weighted by Gasteiger charge is -2.39.